The van der Waals surface area contributed by atoms with Gasteiger partial charge in [0.15, 0.2) is 21.3 Å². The maximum Gasteiger partial charge on any atom is 0.229 e. The summed E-state index contributed by atoms with van der Waals surface area (Å²) in [4.78, 5) is 12.9. The van der Waals surface area contributed by atoms with Crippen LogP contribution in [0.15, 0.2) is 42.5 Å². The topological polar surface area (TPSA) is 109 Å². The van der Waals surface area contributed by atoms with Gasteiger partial charge in [-0.15, -0.1) is 0 Å². The highest BCUT2D eigenvalue weighted by Crippen LogP contribution is 2.33. The Bertz CT molecular complexity index is 1270. The summed E-state index contributed by atoms with van der Waals surface area (Å²) in [6.45, 7) is 0. The van der Waals surface area contributed by atoms with Crippen LogP contribution in [0.25, 0.3) is 5.69 Å². The molecule has 0 radical (unpaired) electrons. The molecule has 0 saturated heterocycles. The van der Waals surface area contributed by atoms with Crippen molar-refractivity contribution < 1.29 is 27.4 Å². The normalized spacial score (nSPS) is 14.0. The maximum absolute atomic E-state index is 12.9. The minimum absolute atomic E-state index is 0.0651. The Kier molecular flexibility index (Phi) is 5.79. The molecule has 2 aromatic carbocycles. The summed E-state index contributed by atoms with van der Waals surface area (Å²) in [5.41, 5.74) is 2.36. The third kappa shape index (κ3) is 4.26. The second kappa shape index (κ2) is 8.54. The van der Waals surface area contributed by atoms with Gasteiger partial charge in [-0.25, -0.2) is 13.1 Å². The fraction of sp³-hybridized carbons (Fsp3) is 0.273. The number of sulfone groups is 1. The molecule has 1 N–H and O–H groups in total. The first-order valence-electron chi connectivity index (χ1n) is 9.80. The predicted molar refractivity (Wildman–Crippen MR) is 118 cm³/mol. The van der Waals surface area contributed by atoms with Gasteiger partial charge >= 0.3 is 0 Å². The van der Waals surface area contributed by atoms with Gasteiger partial charge in [-0.05, 0) is 42.0 Å². The van der Waals surface area contributed by atoms with Crippen molar-refractivity contribution in [1.82, 2.24) is 9.78 Å². The summed E-state index contributed by atoms with van der Waals surface area (Å²) >= 11 is 0. The van der Waals surface area contributed by atoms with Crippen molar-refractivity contribution in [3.05, 3.63) is 59.3 Å². The van der Waals surface area contributed by atoms with E-state index in [9.17, 15) is 13.2 Å². The van der Waals surface area contributed by atoms with E-state index in [-0.39, 0.29) is 23.8 Å². The minimum atomic E-state index is -3.28. The van der Waals surface area contributed by atoms with Crippen LogP contribution in [0.2, 0.25) is 0 Å². The van der Waals surface area contributed by atoms with Crippen LogP contribution in [0, 0.1) is 0 Å². The van der Waals surface area contributed by atoms with Gasteiger partial charge in [-0.1, -0.05) is 6.07 Å². The summed E-state index contributed by atoms with van der Waals surface area (Å²) in [6, 6.07) is 12.4. The highest BCUT2D eigenvalue weighted by Gasteiger charge is 2.33. The van der Waals surface area contributed by atoms with Gasteiger partial charge in [-0.3, -0.25) is 4.79 Å². The zero-order valence-electron chi connectivity index (χ0n) is 17.9. The molecule has 9 nitrogen and oxygen atoms in total. The molecule has 1 amide bonds. The summed E-state index contributed by atoms with van der Waals surface area (Å²) in [5, 5.41) is 7.33. The molecule has 0 spiro atoms. The first kappa shape index (κ1) is 21.7. The van der Waals surface area contributed by atoms with E-state index < -0.39 is 9.84 Å². The lowest BCUT2D eigenvalue weighted by atomic mass is 10.1. The van der Waals surface area contributed by atoms with Crippen molar-refractivity contribution in [1.29, 1.82) is 0 Å². The van der Waals surface area contributed by atoms with E-state index >= 15 is 0 Å². The average molecular weight is 458 g/mol. The van der Waals surface area contributed by atoms with Crippen molar-refractivity contribution in [2.45, 2.75) is 17.9 Å². The molecule has 10 heteroatoms. The fourth-order valence-corrected chi connectivity index (χ4v) is 5.13. The lowest BCUT2D eigenvalue weighted by molar-refractivity contribution is -0.115. The summed E-state index contributed by atoms with van der Waals surface area (Å²) < 4.78 is 41.5. The third-order valence-electron chi connectivity index (χ3n) is 5.18. The van der Waals surface area contributed by atoms with Gasteiger partial charge in [-0.2, -0.15) is 5.10 Å². The van der Waals surface area contributed by atoms with Gasteiger partial charge in [0.25, 0.3) is 0 Å². The number of rotatable bonds is 7. The van der Waals surface area contributed by atoms with E-state index in [0.717, 1.165) is 5.56 Å². The van der Waals surface area contributed by atoms with Gasteiger partial charge in [0.1, 0.15) is 11.6 Å². The van der Waals surface area contributed by atoms with Crippen LogP contribution in [0.3, 0.4) is 0 Å². The molecule has 0 atom stereocenters. The second-order valence-corrected chi connectivity index (χ2v) is 9.39. The molecule has 1 aliphatic heterocycles. The van der Waals surface area contributed by atoms with Crippen LogP contribution in [0.4, 0.5) is 5.82 Å². The standard InChI is InChI=1S/C22H23N3O6S/c1-29-16-7-5-15(6-8-16)25-22(17-12-32(27,28)13-18(17)24-25)23-21(26)11-14-4-9-19(30-2)20(10-14)31-3/h4-10H,11-13H2,1-3H3,(H,23,26). The molecule has 0 fully saturated rings. The SMILES string of the molecule is COc1ccc(-n2nc3c(c2NC(=O)Cc2ccc(OC)c(OC)c2)CS(=O)(=O)C3)cc1. The van der Waals surface area contributed by atoms with Gasteiger partial charge in [0.2, 0.25) is 5.91 Å². The highest BCUT2D eigenvalue weighted by atomic mass is 32.2. The molecule has 2 heterocycles. The number of fused-ring (bicyclic) bond motifs is 1. The number of nitrogens with zero attached hydrogens (tertiary/aromatic N) is 2. The zero-order valence-corrected chi connectivity index (χ0v) is 18.7. The Labute approximate surface area is 185 Å². The Morgan fingerprint density at radius 2 is 1.72 bits per heavy atom. The van der Waals surface area contributed by atoms with E-state index in [2.05, 4.69) is 10.4 Å². The van der Waals surface area contributed by atoms with Gasteiger partial charge in [0.05, 0.1) is 50.6 Å². The summed E-state index contributed by atoms with van der Waals surface area (Å²) in [7, 11) is 1.36. The van der Waals surface area contributed by atoms with Gasteiger partial charge in [0, 0.05) is 5.56 Å². The molecule has 0 saturated carbocycles. The second-order valence-electron chi connectivity index (χ2n) is 7.33. The Balaban J connectivity index is 1.64. The average Bonchev–Trinajstić information content (AvgIpc) is 3.25. The number of carbonyl (C=O) groups is 1. The van der Waals surface area contributed by atoms with E-state index in [1.807, 2.05) is 0 Å². The number of aromatic nitrogens is 2. The van der Waals surface area contributed by atoms with Crippen LogP contribution >= 0.6 is 0 Å². The van der Waals surface area contributed by atoms with Crippen molar-refractivity contribution in [3.8, 4) is 22.9 Å². The number of amides is 1. The number of benzene rings is 2. The summed E-state index contributed by atoms with van der Waals surface area (Å²) in [5.74, 6) is 1.50. The fourth-order valence-electron chi connectivity index (χ4n) is 3.63. The third-order valence-corrected chi connectivity index (χ3v) is 6.62. The summed E-state index contributed by atoms with van der Waals surface area (Å²) in [6.07, 6.45) is 0.0651. The number of hydrogen-bond acceptors (Lipinski definition) is 7. The molecule has 168 valence electrons. The number of hydrogen-bond donors (Lipinski definition) is 1. The molecule has 0 aliphatic carbocycles. The van der Waals surface area contributed by atoms with E-state index in [4.69, 9.17) is 14.2 Å². The monoisotopic (exact) mass is 457 g/mol. The number of anilines is 1. The lowest BCUT2D eigenvalue weighted by Crippen LogP contribution is -2.18. The Morgan fingerprint density at radius 3 is 2.38 bits per heavy atom. The van der Waals surface area contributed by atoms with Crippen molar-refractivity contribution in [2.75, 3.05) is 26.6 Å². The first-order valence-corrected chi connectivity index (χ1v) is 11.6. The van der Waals surface area contributed by atoms with E-state index in [0.29, 0.717) is 40.0 Å². The minimum Gasteiger partial charge on any atom is -0.497 e. The Morgan fingerprint density at radius 1 is 1.00 bits per heavy atom. The number of ether oxygens (including phenoxy) is 3. The van der Waals surface area contributed by atoms with Crippen LogP contribution in [0.5, 0.6) is 17.2 Å². The molecule has 3 aromatic rings. The van der Waals surface area contributed by atoms with Crippen LogP contribution in [-0.4, -0.2) is 45.4 Å². The molecular formula is C22H23N3O6S. The van der Waals surface area contributed by atoms with E-state index in [1.165, 1.54) is 7.11 Å². The molecule has 1 aliphatic rings. The van der Waals surface area contributed by atoms with Crippen LogP contribution in [0.1, 0.15) is 16.8 Å². The highest BCUT2D eigenvalue weighted by molar-refractivity contribution is 7.90. The van der Waals surface area contributed by atoms with Crippen LogP contribution < -0.4 is 19.5 Å². The lowest BCUT2D eigenvalue weighted by Gasteiger charge is -2.13. The van der Waals surface area contributed by atoms with Gasteiger partial charge < -0.3 is 19.5 Å². The first-order chi connectivity index (χ1) is 15.3. The number of methoxy groups -OCH3 is 3. The predicted octanol–water partition coefficient (Wildman–Crippen LogP) is 2.51. The molecule has 0 unspecified atom stereocenters. The molecule has 32 heavy (non-hydrogen) atoms. The molecular weight excluding hydrogens is 434 g/mol. The quantitative estimate of drug-likeness (QED) is 0.581. The van der Waals surface area contributed by atoms with E-state index in [1.54, 1.807) is 61.4 Å². The van der Waals surface area contributed by atoms with Crippen LogP contribution in [-0.2, 0) is 32.6 Å². The number of nitrogens with one attached hydrogen (secondary N) is 1. The molecule has 0 bridgehead atoms. The van der Waals surface area contributed by atoms with Crippen molar-refractivity contribution >= 4 is 21.6 Å². The number of carbonyl (C=O) groups excluding carboxylic acids is 1. The zero-order chi connectivity index (χ0) is 22.9. The smallest absolute Gasteiger partial charge is 0.229 e. The maximum atomic E-state index is 12.9. The molecule has 4 rings (SSSR count). The van der Waals surface area contributed by atoms with Crippen molar-refractivity contribution in [3.63, 3.8) is 0 Å². The Hall–Kier alpha value is -3.53. The largest absolute Gasteiger partial charge is 0.497 e. The molecule has 1 aromatic heterocycles. The van der Waals surface area contributed by atoms with Crippen molar-refractivity contribution in [2.24, 2.45) is 0 Å².